The summed E-state index contributed by atoms with van der Waals surface area (Å²) in [5, 5.41) is 5.17. The maximum atomic E-state index is 12.2. The van der Waals surface area contributed by atoms with Crippen LogP contribution in [0, 0.1) is 5.92 Å². The van der Waals surface area contributed by atoms with E-state index >= 15 is 0 Å². The number of benzene rings is 1. The molecule has 31 heavy (non-hydrogen) atoms. The summed E-state index contributed by atoms with van der Waals surface area (Å²) in [5.74, 6) is 0.388. The van der Waals surface area contributed by atoms with E-state index < -0.39 is 0 Å². The number of methoxy groups -OCH3 is 1. The molecule has 2 heterocycles. The molecular weight excluding hydrogens is 454 g/mol. The molecule has 164 valence electrons. The molecule has 1 fully saturated rings. The van der Waals surface area contributed by atoms with Gasteiger partial charge in [0.15, 0.2) is 0 Å². The average molecular weight is 484 g/mol. The number of hydrogen-bond donors (Lipinski definition) is 0. The van der Waals surface area contributed by atoms with Gasteiger partial charge in [0.05, 0.1) is 24.6 Å². The van der Waals surface area contributed by atoms with Crippen molar-refractivity contribution in [1.82, 2.24) is 14.8 Å². The van der Waals surface area contributed by atoms with Crippen molar-refractivity contribution in [1.29, 1.82) is 0 Å². The van der Waals surface area contributed by atoms with Crippen LogP contribution in [-0.2, 0) is 16.6 Å². The molecule has 0 spiro atoms. The van der Waals surface area contributed by atoms with Crippen LogP contribution in [0.15, 0.2) is 48.9 Å². The van der Waals surface area contributed by atoms with Gasteiger partial charge in [0.25, 0.3) is 0 Å². The Morgan fingerprint density at radius 2 is 1.97 bits per heavy atom. The minimum atomic E-state index is -0.344. The van der Waals surface area contributed by atoms with E-state index in [-0.39, 0.29) is 5.97 Å². The molecule has 5 nitrogen and oxygen atoms in total. The standard InChI is InChI=1S/C23H24BrN3O2.C2H6/c1-29-23(28)21-11-17(8-9-18(21)12-24)22-20(7-4-10-25-22)19-13-26-27(15-19)14-16-5-2-3-6-16;1-2/h4,7-11,13,15-16H,2-3,5-6,12,14H2,1H3;1-2H3. The molecule has 0 saturated heterocycles. The molecule has 1 aliphatic rings. The Morgan fingerprint density at radius 1 is 1.19 bits per heavy atom. The highest BCUT2D eigenvalue weighted by molar-refractivity contribution is 9.08. The molecule has 0 radical (unpaired) electrons. The van der Waals surface area contributed by atoms with Crippen molar-refractivity contribution in [2.24, 2.45) is 5.92 Å². The highest BCUT2D eigenvalue weighted by Crippen LogP contribution is 2.32. The molecule has 0 unspecified atom stereocenters. The van der Waals surface area contributed by atoms with Crippen LogP contribution in [0.2, 0.25) is 0 Å². The van der Waals surface area contributed by atoms with Gasteiger partial charge in [-0.3, -0.25) is 9.67 Å². The first-order valence-electron chi connectivity index (χ1n) is 10.9. The van der Waals surface area contributed by atoms with Gasteiger partial charge in [-0.2, -0.15) is 5.10 Å². The number of aromatic nitrogens is 3. The Labute approximate surface area is 193 Å². The van der Waals surface area contributed by atoms with Crippen LogP contribution in [-0.4, -0.2) is 27.8 Å². The number of nitrogens with zero attached hydrogens (tertiary/aromatic N) is 3. The predicted molar refractivity (Wildman–Crippen MR) is 128 cm³/mol. The third-order valence-corrected chi connectivity index (χ3v) is 6.21. The quantitative estimate of drug-likeness (QED) is 0.296. The molecule has 1 aromatic carbocycles. The molecule has 0 N–H and O–H groups in total. The molecule has 0 atom stereocenters. The topological polar surface area (TPSA) is 57.0 Å². The summed E-state index contributed by atoms with van der Waals surface area (Å²) in [5.41, 5.74) is 5.20. The van der Waals surface area contributed by atoms with E-state index in [9.17, 15) is 4.79 Å². The van der Waals surface area contributed by atoms with Gasteiger partial charge in [-0.15, -0.1) is 0 Å². The zero-order valence-electron chi connectivity index (χ0n) is 18.5. The van der Waals surface area contributed by atoms with Gasteiger partial charge in [0.1, 0.15) is 0 Å². The third kappa shape index (κ3) is 5.42. The normalized spacial score (nSPS) is 13.5. The van der Waals surface area contributed by atoms with E-state index in [1.165, 1.54) is 32.8 Å². The van der Waals surface area contributed by atoms with Crippen LogP contribution in [0.5, 0.6) is 0 Å². The van der Waals surface area contributed by atoms with Crippen molar-refractivity contribution in [2.75, 3.05) is 7.11 Å². The number of pyridine rings is 1. The fourth-order valence-corrected chi connectivity index (χ4v) is 4.56. The van der Waals surface area contributed by atoms with Crippen LogP contribution in [0.25, 0.3) is 22.4 Å². The lowest BCUT2D eigenvalue weighted by molar-refractivity contribution is 0.0600. The van der Waals surface area contributed by atoms with Crippen molar-refractivity contribution in [3.05, 3.63) is 60.0 Å². The fourth-order valence-electron chi connectivity index (χ4n) is 4.07. The third-order valence-electron chi connectivity index (χ3n) is 5.60. The SMILES string of the molecule is CC.COC(=O)c1cc(-c2ncccc2-c2cnn(CC3CCCC3)c2)ccc1CBr. The lowest BCUT2D eigenvalue weighted by atomic mass is 9.98. The number of alkyl halides is 1. The fraction of sp³-hybridized carbons (Fsp3) is 0.400. The Balaban J connectivity index is 0.00000132. The lowest BCUT2D eigenvalue weighted by Gasteiger charge is -2.11. The Morgan fingerprint density at radius 3 is 2.68 bits per heavy atom. The smallest absolute Gasteiger partial charge is 0.338 e. The molecular formula is C25H30BrN3O2. The van der Waals surface area contributed by atoms with Crippen LogP contribution in [0.3, 0.4) is 0 Å². The van der Waals surface area contributed by atoms with Crippen molar-refractivity contribution < 1.29 is 9.53 Å². The van der Waals surface area contributed by atoms with Crippen LogP contribution >= 0.6 is 15.9 Å². The zero-order chi connectivity index (χ0) is 22.2. The first kappa shape index (κ1) is 23.2. The molecule has 1 saturated carbocycles. The van der Waals surface area contributed by atoms with E-state index in [1.54, 1.807) is 6.20 Å². The van der Waals surface area contributed by atoms with E-state index in [2.05, 4.69) is 43.0 Å². The van der Waals surface area contributed by atoms with Gasteiger partial charge in [-0.05, 0) is 36.5 Å². The van der Waals surface area contributed by atoms with Gasteiger partial charge in [-0.1, -0.05) is 60.8 Å². The van der Waals surface area contributed by atoms with Crippen LogP contribution in [0.1, 0.15) is 55.5 Å². The summed E-state index contributed by atoms with van der Waals surface area (Å²) >= 11 is 3.44. The zero-order valence-corrected chi connectivity index (χ0v) is 20.1. The Bertz CT molecular complexity index is 1010. The Kier molecular flexibility index (Phi) is 8.41. The second-order valence-electron chi connectivity index (χ2n) is 7.50. The van der Waals surface area contributed by atoms with Gasteiger partial charge in [0.2, 0.25) is 0 Å². The van der Waals surface area contributed by atoms with Crippen LogP contribution in [0.4, 0.5) is 0 Å². The molecule has 3 aromatic rings. The minimum Gasteiger partial charge on any atom is -0.465 e. The molecule has 0 aliphatic heterocycles. The summed E-state index contributed by atoms with van der Waals surface area (Å²) in [6.45, 7) is 4.97. The summed E-state index contributed by atoms with van der Waals surface area (Å²) in [4.78, 5) is 16.8. The molecule has 6 heteroatoms. The molecule has 0 amide bonds. The van der Waals surface area contributed by atoms with Crippen molar-refractivity contribution in [3.8, 4) is 22.4 Å². The summed E-state index contributed by atoms with van der Waals surface area (Å²) in [6.07, 6.45) is 11.0. The Hall–Kier alpha value is -2.47. The first-order valence-corrected chi connectivity index (χ1v) is 12.1. The largest absolute Gasteiger partial charge is 0.465 e. The van der Waals surface area contributed by atoms with Crippen molar-refractivity contribution in [2.45, 2.75) is 51.4 Å². The first-order chi connectivity index (χ1) is 15.2. The lowest BCUT2D eigenvalue weighted by Crippen LogP contribution is -2.07. The number of hydrogen-bond acceptors (Lipinski definition) is 4. The second kappa shape index (κ2) is 11.2. The van der Waals surface area contributed by atoms with E-state index in [1.807, 2.05) is 44.3 Å². The number of rotatable bonds is 6. The van der Waals surface area contributed by atoms with Gasteiger partial charge < -0.3 is 4.74 Å². The highest BCUT2D eigenvalue weighted by atomic mass is 79.9. The maximum Gasteiger partial charge on any atom is 0.338 e. The summed E-state index contributed by atoms with van der Waals surface area (Å²) < 4.78 is 7.01. The van der Waals surface area contributed by atoms with E-state index in [4.69, 9.17) is 4.74 Å². The molecule has 2 aromatic heterocycles. The maximum absolute atomic E-state index is 12.2. The van der Waals surface area contributed by atoms with Gasteiger partial charge in [-0.25, -0.2) is 4.79 Å². The number of halogens is 1. The number of esters is 1. The highest BCUT2D eigenvalue weighted by Gasteiger charge is 2.18. The molecule has 0 bridgehead atoms. The van der Waals surface area contributed by atoms with E-state index in [0.29, 0.717) is 10.9 Å². The van der Waals surface area contributed by atoms with Gasteiger partial charge >= 0.3 is 5.97 Å². The van der Waals surface area contributed by atoms with Crippen molar-refractivity contribution in [3.63, 3.8) is 0 Å². The predicted octanol–water partition coefficient (Wildman–Crippen LogP) is 6.51. The number of ether oxygens (including phenoxy) is 1. The summed E-state index contributed by atoms with van der Waals surface area (Å²) in [6, 6.07) is 9.78. The monoisotopic (exact) mass is 483 g/mol. The molecule has 4 rings (SSSR count). The minimum absolute atomic E-state index is 0.344. The number of carbonyl (C=O) groups is 1. The van der Waals surface area contributed by atoms with Crippen molar-refractivity contribution >= 4 is 21.9 Å². The van der Waals surface area contributed by atoms with Gasteiger partial charge in [0, 0.05) is 41.0 Å². The number of carbonyl (C=O) groups excluding carboxylic acids is 1. The van der Waals surface area contributed by atoms with E-state index in [0.717, 1.165) is 40.4 Å². The summed E-state index contributed by atoms with van der Waals surface area (Å²) in [7, 11) is 1.40. The second-order valence-corrected chi connectivity index (χ2v) is 8.06. The molecule has 1 aliphatic carbocycles. The van der Waals surface area contributed by atoms with Crippen LogP contribution < -0.4 is 0 Å². The average Bonchev–Trinajstić information content (AvgIpc) is 3.52.